The number of anilines is 1. The van der Waals surface area contributed by atoms with Crippen LogP contribution >= 0.6 is 0 Å². The average molecular weight is 234 g/mol. The summed E-state index contributed by atoms with van der Waals surface area (Å²) >= 11 is 0. The van der Waals surface area contributed by atoms with E-state index in [2.05, 4.69) is 11.4 Å². The highest BCUT2D eigenvalue weighted by Crippen LogP contribution is 2.42. The summed E-state index contributed by atoms with van der Waals surface area (Å²) < 4.78 is 0. The Morgan fingerprint density at radius 2 is 1.67 bits per heavy atom. The summed E-state index contributed by atoms with van der Waals surface area (Å²) in [6.45, 7) is 0. The van der Waals surface area contributed by atoms with Crippen molar-refractivity contribution in [3.05, 3.63) is 65.7 Å². The third kappa shape index (κ3) is 1.20. The van der Waals surface area contributed by atoms with Gasteiger partial charge in [0.25, 0.3) is 5.91 Å². The molecule has 1 N–H and O–H groups in total. The van der Waals surface area contributed by atoms with Crippen molar-refractivity contribution in [2.75, 3.05) is 5.32 Å². The number of nitrogens with zero attached hydrogens (tertiary/aromatic N) is 1. The predicted molar refractivity (Wildman–Crippen MR) is 67.9 cm³/mol. The largest absolute Gasteiger partial charge is 0.324 e. The summed E-state index contributed by atoms with van der Waals surface area (Å²) in [6, 6.07) is 18.7. The van der Waals surface area contributed by atoms with Gasteiger partial charge in [-0.15, -0.1) is 0 Å². The molecule has 3 rings (SSSR count). The normalized spacial score (nSPS) is 20.9. The highest BCUT2D eigenvalue weighted by Gasteiger charge is 2.48. The third-order valence-corrected chi connectivity index (χ3v) is 3.29. The Kier molecular flexibility index (Phi) is 2.17. The molecule has 86 valence electrons. The smallest absolute Gasteiger partial charge is 0.254 e. The molecular formula is C15H10N2O. The molecule has 3 heteroatoms. The number of nitriles is 1. The molecule has 1 atom stereocenters. The van der Waals surface area contributed by atoms with E-state index in [-0.39, 0.29) is 5.91 Å². The van der Waals surface area contributed by atoms with E-state index in [1.54, 1.807) is 0 Å². The molecule has 0 saturated heterocycles. The highest BCUT2D eigenvalue weighted by atomic mass is 16.2. The van der Waals surface area contributed by atoms with Crippen molar-refractivity contribution in [1.29, 1.82) is 5.26 Å². The van der Waals surface area contributed by atoms with Crippen molar-refractivity contribution in [3.8, 4) is 6.07 Å². The molecule has 1 amide bonds. The molecule has 1 aliphatic rings. The van der Waals surface area contributed by atoms with Crippen LogP contribution < -0.4 is 5.32 Å². The summed E-state index contributed by atoms with van der Waals surface area (Å²) in [5, 5.41) is 12.4. The minimum Gasteiger partial charge on any atom is -0.324 e. The van der Waals surface area contributed by atoms with Crippen molar-refractivity contribution in [2.24, 2.45) is 0 Å². The zero-order chi connectivity index (χ0) is 12.6. The highest BCUT2D eigenvalue weighted by molar-refractivity contribution is 6.10. The summed E-state index contributed by atoms with van der Waals surface area (Å²) in [4.78, 5) is 12.3. The number of benzene rings is 2. The van der Waals surface area contributed by atoms with Gasteiger partial charge in [0, 0.05) is 11.3 Å². The molecule has 0 bridgehead atoms. The number of carbonyl (C=O) groups is 1. The Morgan fingerprint density at radius 1 is 1.00 bits per heavy atom. The average Bonchev–Trinajstić information content (AvgIpc) is 2.72. The van der Waals surface area contributed by atoms with Crippen LogP contribution in [0.5, 0.6) is 0 Å². The molecular weight excluding hydrogens is 224 g/mol. The van der Waals surface area contributed by atoms with E-state index in [0.29, 0.717) is 11.3 Å². The van der Waals surface area contributed by atoms with Crippen LogP contribution in [0.3, 0.4) is 0 Å². The Morgan fingerprint density at radius 3 is 2.39 bits per heavy atom. The van der Waals surface area contributed by atoms with Crippen LogP contribution in [0.15, 0.2) is 54.6 Å². The Balaban J connectivity index is 2.31. The SMILES string of the molecule is N#C[C@]1(c2ccccc2)C(=O)Nc2ccccc21. The first kappa shape index (κ1) is 10.5. The van der Waals surface area contributed by atoms with Crippen LogP contribution in [-0.4, -0.2) is 5.91 Å². The van der Waals surface area contributed by atoms with Crippen LogP contribution in [0, 0.1) is 11.3 Å². The van der Waals surface area contributed by atoms with E-state index in [9.17, 15) is 10.1 Å². The van der Waals surface area contributed by atoms with E-state index < -0.39 is 5.41 Å². The van der Waals surface area contributed by atoms with Gasteiger partial charge in [-0.2, -0.15) is 5.26 Å². The Bertz CT molecular complexity index is 658. The van der Waals surface area contributed by atoms with E-state index in [1.165, 1.54) is 0 Å². The summed E-state index contributed by atoms with van der Waals surface area (Å²) in [7, 11) is 0. The number of carbonyl (C=O) groups excluding carboxylic acids is 1. The van der Waals surface area contributed by atoms with Gasteiger partial charge < -0.3 is 5.32 Å². The molecule has 0 aliphatic carbocycles. The van der Waals surface area contributed by atoms with Gasteiger partial charge in [0.1, 0.15) is 0 Å². The molecule has 3 nitrogen and oxygen atoms in total. The summed E-state index contributed by atoms with van der Waals surface area (Å²) in [6.07, 6.45) is 0. The molecule has 0 saturated carbocycles. The number of hydrogen-bond acceptors (Lipinski definition) is 2. The first-order chi connectivity index (χ1) is 8.79. The van der Waals surface area contributed by atoms with Gasteiger partial charge in [-0.3, -0.25) is 4.79 Å². The number of nitrogens with one attached hydrogen (secondary N) is 1. The summed E-state index contributed by atoms with van der Waals surface area (Å²) in [5.41, 5.74) is 0.921. The lowest BCUT2D eigenvalue weighted by Gasteiger charge is -2.19. The summed E-state index contributed by atoms with van der Waals surface area (Å²) in [5.74, 6) is -0.280. The maximum atomic E-state index is 12.3. The Hall–Kier alpha value is -2.60. The number of rotatable bonds is 1. The van der Waals surface area contributed by atoms with Gasteiger partial charge in [0.15, 0.2) is 5.41 Å². The second-order valence-corrected chi connectivity index (χ2v) is 4.23. The fourth-order valence-corrected chi connectivity index (χ4v) is 2.41. The number of fused-ring (bicyclic) bond motifs is 1. The molecule has 2 aromatic carbocycles. The predicted octanol–water partition coefficient (Wildman–Crippen LogP) is 2.45. The van der Waals surface area contributed by atoms with E-state index in [1.807, 2.05) is 54.6 Å². The minimum atomic E-state index is -1.22. The van der Waals surface area contributed by atoms with Crippen molar-refractivity contribution >= 4 is 11.6 Å². The zero-order valence-electron chi connectivity index (χ0n) is 9.55. The van der Waals surface area contributed by atoms with Crippen molar-refractivity contribution in [3.63, 3.8) is 0 Å². The van der Waals surface area contributed by atoms with Gasteiger partial charge >= 0.3 is 0 Å². The van der Waals surface area contributed by atoms with Crippen molar-refractivity contribution < 1.29 is 4.79 Å². The second-order valence-electron chi connectivity index (χ2n) is 4.23. The fourth-order valence-electron chi connectivity index (χ4n) is 2.41. The standard InChI is InChI=1S/C15H10N2O/c16-10-15(11-6-2-1-3-7-11)12-8-4-5-9-13(12)17-14(15)18/h1-9H,(H,17,18)/t15-/m1/s1. The van der Waals surface area contributed by atoms with Crippen molar-refractivity contribution in [2.45, 2.75) is 5.41 Å². The lowest BCUT2D eigenvalue weighted by Crippen LogP contribution is -2.34. The molecule has 18 heavy (non-hydrogen) atoms. The second kappa shape index (κ2) is 3.71. The van der Waals surface area contributed by atoms with Crippen LogP contribution in [0.1, 0.15) is 11.1 Å². The van der Waals surface area contributed by atoms with Crippen LogP contribution in [0.2, 0.25) is 0 Å². The maximum absolute atomic E-state index is 12.3. The first-order valence-corrected chi connectivity index (χ1v) is 5.67. The quantitative estimate of drug-likeness (QED) is 0.824. The van der Waals surface area contributed by atoms with Gasteiger partial charge in [-0.1, -0.05) is 48.5 Å². The molecule has 0 spiro atoms. The molecule has 0 fully saturated rings. The van der Waals surface area contributed by atoms with Gasteiger partial charge in [-0.05, 0) is 11.6 Å². The Labute approximate surface area is 105 Å². The molecule has 2 aromatic rings. The number of amides is 1. The monoisotopic (exact) mass is 234 g/mol. The van der Waals surface area contributed by atoms with E-state index in [0.717, 1.165) is 5.56 Å². The number of para-hydroxylation sites is 1. The third-order valence-electron chi connectivity index (χ3n) is 3.29. The van der Waals surface area contributed by atoms with Gasteiger partial charge in [0.2, 0.25) is 0 Å². The lowest BCUT2D eigenvalue weighted by atomic mass is 9.77. The van der Waals surface area contributed by atoms with Crippen LogP contribution in [-0.2, 0) is 10.2 Å². The number of hydrogen-bond donors (Lipinski definition) is 1. The molecule has 1 aliphatic heterocycles. The molecule has 0 radical (unpaired) electrons. The van der Waals surface area contributed by atoms with Crippen molar-refractivity contribution in [1.82, 2.24) is 0 Å². The lowest BCUT2D eigenvalue weighted by molar-refractivity contribution is -0.118. The van der Waals surface area contributed by atoms with Crippen LogP contribution in [0.25, 0.3) is 0 Å². The van der Waals surface area contributed by atoms with E-state index in [4.69, 9.17) is 0 Å². The van der Waals surface area contributed by atoms with Gasteiger partial charge in [-0.25, -0.2) is 0 Å². The van der Waals surface area contributed by atoms with Gasteiger partial charge in [0.05, 0.1) is 6.07 Å². The molecule has 0 unspecified atom stereocenters. The first-order valence-electron chi connectivity index (χ1n) is 5.67. The fraction of sp³-hybridized carbons (Fsp3) is 0.0667. The van der Waals surface area contributed by atoms with Crippen LogP contribution in [0.4, 0.5) is 5.69 Å². The zero-order valence-corrected chi connectivity index (χ0v) is 9.55. The topological polar surface area (TPSA) is 52.9 Å². The maximum Gasteiger partial charge on any atom is 0.254 e. The van der Waals surface area contributed by atoms with E-state index >= 15 is 0 Å². The minimum absolute atomic E-state index is 0.280. The molecule has 0 aromatic heterocycles. The molecule has 1 heterocycles.